The molecule has 1 aliphatic rings. The van der Waals surface area contributed by atoms with Crippen LogP contribution in [0, 0.1) is 0 Å². The molecule has 5 heteroatoms. The number of hydrogen-bond donors (Lipinski definition) is 0. The minimum Gasteiger partial charge on any atom is -0.284 e. The smallest absolute Gasteiger partial charge is 0.243 e. The van der Waals surface area contributed by atoms with Crippen LogP contribution >= 0.6 is 23.5 Å². The molecule has 0 aromatic heterocycles. The molecule has 12 heavy (non-hydrogen) atoms. The second-order valence-corrected chi connectivity index (χ2v) is 4.51. The number of imide groups is 1. The Balaban J connectivity index is 2.87. The first-order valence-electron chi connectivity index (χ1n) is 3.50. The SMILES string of the molecule is CSC1C(=O)N(C)C(=O)C1SC. The molecule has 1 rings (SSSR count). The van der Waals surface area contributed by atoms with Crippen molar-refractivity contribution in [3.8, 4) is 0 Å². The molecule has 0 saturated carbocycles. The highest BCUT2D eigenvalue weighted by molar-refractivity contribution is 8.04. The highest BCUT2D eigenvalue weighted by atomic mass is 32.2. The molecule has 0 aromatic rings. The van der Waals surface area contributed by atoms with Crippen LogP contribution < -0.4 is 0 Å². The van der Waals surface area contributed by atoms with Gasteiger partial charge in [-0.2, -0.15) is 23.5 Å². The average molecular weight is 205 g/mol. The molecule has 0 N–H and O–H groups in total. The summed E-state index contributed by atoms with van der Waals surface area (Å²) in [7, 11) is 1.55. The highest BCUT2D eigenvalue weighted by Gasteiger charge is 2.44. The summed E-state index contributed by atoms with van der Waals surface area (Å²) in [5, 5.41) is -0.366. The minimum absolute atomic E-state index is 0.0631. The van der Waals surface area contributed by atoms with E-state index in [1.54, 1.807) is 7.05 Å². The summed E-state index contributed by atoms with van der Waals surface area (Å²) in [6.45, 7) is 0. The Morgan fingerprint density at radius 2 is 1.42 bits per heavy atom. The van der Waals surface area contributed by atoms with Gasteiger partial charge in [-0.15, -0.1) is 0 Å². The molecule has 0 spiro atoms. The molecule has 0 radical (unpaired) electrons. The van der Waals surface area contributed by atoms with Crippen molar-refractivity contribution in [1.29, 1.82) is 0 Å². The van der Waals surface area contributed by atoms with Crippen LogP contribution in [0.4, 0.5) is 0 Å². The fourth-order valence-corrected chi connectivity index (χ4v) is 3.31. The van der Waals surface area contributed by atoms with Gasteiger partial charge in [-0.05, 0) is 12.5 Å². The fourth-order valence-electron chi connectivity index (χ4n) is 1.20. The van der Waals surface area contributed by atoms with Gasteiger partial charge in [0.2, 0.25) is 11.8 Å². The maximum atomic E-state index is 11.4. The predicted octanol–water partition coefficient (Wildman–Crippen LogP) is 0.448. The van der Waals surface area contributed by atoms with E-state index in [1.165, 1.54) is 28.4 Å². The van der Waals surface area contributed by atoms with Crippen LogP contribution in [0.15, 0.2) is 0 Å². The Hall–Kier alpha value is -0.160. The lowest BCUT2D eigenvalue weighted by atomic mass is 10.3. The lowest BCUT2D eigenvalue weighted by Gasteiger charge is -2.08. The Labute approximate surface area is 80.3 Å². The van der Waals surface area contributed by atoms with Crippen molar-refractivity contribution in [1.82, 2.24) is 4.90 Å². The number of likely N-dealkylation sites (tertiary alicyclic amines) is 1. The monoisotopic (exact) mass is 205 g/mol. The van der Waals surface area contributed by atoms with Crippen LogP contribution in [0.25, 0.3) is 0 Å². The standard InChI is InChI=1S/C7H11NO2S2/c1-8-6(9)4(11-2)5(12-3)7(8)10/h4-5H,1-3H3. The third-order valence-corrected chi connectivity index (χ3v) is 4.07. The average Bonchev–Trinajstić information content (AvgIpc) is 2.29. The Morgan fingerprint density at radius 1 is 1.08 bits per heavy atom. The Morgan fingerprint density at radius 3 is 1.67 bits per heavy atom. The van der Waals surface area contributed by atoms with Crippen molar-refractivity contribution in [3.05, 3.63) is 0 Å². The van der Waals surface area contributed by atoms with E-state index in [0.29, 0.717) is 0 Å². The van der Waals surface area contributed by atoms with Crippen LogP contribution in [-0.2, 0) is 9.59 Å². The van der Waals surface area contributed by atoms with Gasteiger partial charge in [0.25, 0.3) is 0 Å². The number of rotatable bonds is 2. The van der Waals surface area contributed by atoms with Crippen LogP contribution in [-0.4, -0.2) is 46.8 Å². The van der Waals surface area contributed by atoms with Crippen LogP contribution in [0.3, 0.4) is 0 Å². The van der Waals surface area contributed by atoms with Crippen LogP contribution in [0.1, 0.15) is 0 Å². The molecule has 68 valence electrons. The summed E-state index contributed by atoms with van der Waals surface area (Å²) in [5.41, 5.74) is 0. The molecule has 3 nitrogen and oxygen atoms in total. The number of carbonyl (C=O) groups is 2. The van der Waals surface area contributed by atoms with Gasteiger partial charge in [-0.3, -0.25) is 14.5 Å². The molecule has 1 saturated heterocycles. The van der Waals surface area contributed by atoms with E-state index in [-0.39, 0.29) is 22.3 Å². The second-order valence-electron chi connectivity index (χ2n) is 2.55. The molecule has 1 fully saturated rings. The number of amides is 2. The highest BCUT2D eigenvalue weighted by Crippen LogP contribution is 2.30. The van der Waals surface area contributed by atoms with Gasteiger partial charge in [0.15, 0.2) is 0 Å². The van der Waals surface area contributed by atoms with Gasteiger partial charge in [0, 0.05) is 7.05 Å². The van der Waals surface area contributed by atoms with E-state index >= 15 is 0 Å². The number of hydrogen-bond acceptors (Lipinski definition) is 4. The van der Waals surface area contributed by atoms with Crippen molar-refractivity contribution in [2.45, 2.75) is 10.5 Å². The van der Waals surface area contributed by atoms with Crippen molar-refractivity contribution >= 4 is 35.3 Å². The Kier molecular flexibility index (Phi) is 3.06. The van der Waals surface area contributed by atoms with Gasteiger partial charge >= 0.3 is 0 Å². The van der Waals surface area contributed by atoms with E-state index in [0.717, 1.165) is 0 Å². The first kappa shape index (κ1) is 9.92. The van der Waals surface area contributed by atoms with Gasteiger partial charge in [-0.1, -0.05) is 0 Å². The largest absolute Gasteiger partial charge is 0.284 e. The molecule has 0 bridgehead atoms. The molecule has 2 atom stereocenters. The number of thioether (sulfide) groups is 2. The van der Waals surface area contributed by atoms with Crippen LogP contribution in [0.5, 0.6) is 0 Å². The van der Waals surface area contributed by atoms with E-state index in [9.17, 15) is 9.59 Å². The molecule has 2 unspecified atom stereocenters. The molecule has 0 aliphatic carbocycles. The first-order valence-corrected chi connectivity index (χ1v) is 6.08. The third kappa shape index (κ3) is 1.35. The topological polar surface area (TPSA) is 37.4 Å². The van der Waals surface area contributed by atoms with Gasteiger partial charge < -0.3 is 0 Å². The normalized spacial score (nSPS) is 30.1. The maximum Gasteiger partial charge on any atom is 0.243 e. The lowest BCUT2D eigenvalue weighted by Crippen LogP contribution is -2.26. The number of nitrogens with zero attached hydrogens (tertiary/aromatic N) is 1. The van der Waals surface area contributed by atoms with Gasteiger partial charge in [-0.25, -0.2) is 0 Å². The zero-order valence-electron chi connectivity index (χ0n) is 7.23. The van der Waals surface area contributed by atoms with Crippen molar-refractivity contribution in [2.75, 3.05) is 19.6 Å². The second kappa shape index (κ2) is 3.70. The third-order valence-electron chi connectivity index (χ3n) is 1.93. The van der Waals surface area contributed by atoms with Gasteiger partial charge in [0.05, 0.1) is 0 Å². The minimum atomic E-state index is -0.183. The molecule has 1 heterocycles. The summed E-state index contributed by atoms with van der Waals surface area (Å²) in [5.74, 6) is -0.126. The first-order chi connectivity index (χ1) is 5.63. The zero-order chi connectivity index (χ0) is 9.30. The Bertz CT molecular complexity index is 197. The lowest BCUT2D eigenvalue weighted by molar-refractivity contribution is -0.136. The van der Waals surface area contributed by atoms with E-state index in [1.807, 2.05) is 12.5 Å². The molecular weight excluding hydrogens is 194 g/mol. The summed E-state index contributed by atoms with van der Waals surface area (Å²) in [6, 6.07) is 0. The zero-order valence-corrected chi connectivity index (χ0v) is 8.87. The maximum absolute atomic E-state index is 11.4. The predicted molar refractivity (Wildman–Crippen MR) is 52.4 cm³/mol. The summed E-state index contributed by atoms with van der Waals surface area (Å²) >= 11 is 2.90. The van der Waals surface area contributed by atoms with Gasteiger partial charge in [0.1, 0.15) is 10.5 Å². The van der Waals surface area contributed by atoms with Crippen molar-refractivity contribution in [3.63, 3.8) is 0 Å². The van der Waals surface area contributed by atoms with Crippen molar-refractivity contribution < 1.29 is 9.59 Å². The molecule has 2 amide bonds. The summed E-state index contributed by atoms with van der Waals surface area (Å²) in [6.07, 6.45) is 3.72. The summed E-state index contributed by atoms with van der Waals surface area (Å²) < 4.78 is 0. The quantitative estimate of drug-likeness (QED) is 0.613. The molecule has 1 aliphatic heterocycles. The van der Waals surface area contributed by atoms with E-state index < -0.39 is 0 Å². The van der Waals surface area contributed by atoms with E-state index in [4.69, 9.17) is 0 Å². The van der Waals surface area contributed by atoms with E-state index in [2.05, 4.69) is 0 Å². The molecule has 0 aromatic carbocycles. The molecular formula is C7H11NO2S2. The summed E-state index contributed by atoms with van der Waals surface area (Å²) in [4.78, 5) is 24.0. The van der Waals surface area contributed by atoms with Crippen LogP contribution in [0.2, 0.25) is 0 Å². The fraction of sp³-hybridized carbons (Fsp3) is 0.714. The number of carbonyl (C=O) groups excluding carboxylic acids is 2. The van der Waals surface area contributed by atoms with Crippen molar-refractivity contribution in [2.24, 2.45) is 0 Å².